The van der Waals surface area contributed by atoms with Crippen LogP contribution >= 0.6 is 0 Å². The summed E-state index contributed by atoms with van der Waals surface area (Å²) < 4.78 is 7.89. The molecule has 1 aromatic heterocycles. The van der Waals surface area contributed by atoms with E-state index in [2.05, 4.69) is 51.7 Å². The summed E-state index contributed by atoms with van der Waals surface area (Å²) in [4.78, 5) is 17.5. The Bertz CT molecular complexity index is 637. The van der Waals surface area contributed by atoms with Gasteiger partial charge in [0.25, 0.3) is 5.91 Å². The topological polar surface area (TPSA) is 50.6 Å². The molecule has 1 amide bonds. The van der Waals surface area contributed by atoms with Crippen LogP contribution in [0.1, 0.15) is 62.5 Å². The van der Waals surface area contributed by atoms with Crippen LogP contribution in [-0.4, -0.2) is 63.8 Å². The summed E-state index contributed by atoms with van der Waals surface area (Å²) >= 11 is 0. The minimum absolute atomic E-state index is 0.00894. The monoisotopic (exact) mass is 334 g/mol. The van der Waals surface area contributed by atoms with Gasteiger partial charge in [-0.3, -0.25) is 14.4 Å². The third-order valence-corrected chi connectivity index (χ3v) is 5.51. The average molecular weight is 334 g/mol. The molecule has 0 aliphatic carbocycles. The number of likely N-dealkylation sites (N-methyl/N-ethyl adjacent to an activating group) is 1. The van der Waals surface area contributed by atoms with Crippen molar-refractivity contribution >= 4 is 5.91 Å². The maximum Gasteiger partial charge on any atom is 0.274 e. The van der Waals surface area contributed by atoms with Gasteiger partial charge in [0.15, 0.2) is 5.69 Å². The van der Waals surface area contributed by atoms with E-state index in [0.29, 0.717) is 5.69 Å². The lowest BCUT2D eigenvalue weighted by Gasteiger charge is -2.45. The van der Waals surface area contributed by atoms with Gasteiger partial charge in [0, 0.05) is 43.7 Å². The molecule has 0 spiro atoms. The van der Waals surface area contributed by atoms with Crippen LogP contribution in [-0.2, 0) is 17.7 Å². The van der Waals surface area contributed by atoms with Crippen LogP contribution in [0.3, 0.4) is 0 Å². The van der Waals surface area contributed by atoms with E-state index in [1.165, 1.54) is 0 Å². The highest BCUT2D eigenvalue weighted by molar-refractivity contribution is 5.94. The number of aromatic nitrogens is 2. The second kappa shape index (κ2) is 6.15. The number of amides is 1. The van der Waals surface area contributed by atoms with E-state index in [0.717, 1.165) is 43.9 Å². The summed E-state index contributed by atoms with van der Waals surface area (Å²) in [6.45, 7) is 13.7. The number of aryl methyl sites for hydroxylation is 1. The fourth-order valence-corrected chi connectivity index (χ4v) is 3.89. The zero-order valence-electron chi connectivity index (χ0n) is 15.8. The van der Waals surface area contributed by atoms with Crippen LogP contribution in [0.2, 0.25) is 0 Å². The molecule has 1 saturated heterocycles. The van der Waals surface area contributed by atoms with Crippen molar-refractivity contribution in [3.05, 3.63) is 17.0 Å². The smallest absolute Gasteiger partial charge is 0.274 e. The molecule has 24 heavy (non-hydrogen) atoms. The Balaban J connectivity index is 1.94. The Morgan fingerprint density at radius 1 is 1.33 bits per heavy atom. The molecular formula is C18H30N4O2. The van der Waals surface area contributed by atoms with E-state index in [1.807, 2.05) is 9.58 Å². The molecule has 134 valence electrons. The van der Waals surface area contributed by atoms with Crippen LogP contribution in [0.4, 0.5) is 0 Å². The van der Waals surface area contributed by atoms with E-state index in [-0.39, 0.29) is 23.7 Å². The molecule has 0 radical (unpaired) electrons. The fraction of sp³-hybridized carbons (Fsp3) is 0.778. The van der Waals surface area contributed by atoms with Crippen molar-refractivity contribution in [2.45, 2.75) is 65.3 Å². The van der Waals surface area contributed by atoms with Crippen LogP contribution in [0, 0.1) is 0 Å². The number of hydrogen-bond donors (Lipinski definition) is 0. The summed E-state index contributed by atoms with van der Waals surface area (Å²) in [5.74, 6) is 0.0703. The molecule has 2 aliphatic rings. The van der Waals surface area contributed by atoms with Crippen molar-refractivity contribution in [3.63, 3.8) is 0 Å². The fourth-order valence-electron chi connectivity index (χ4n) is 3.89. The normalized spacial score (nSPS) is 27.2. The maximum absolute atomic E-state index is 13.2. The van der Waals surface area contributed by atoms with Gasteiger partial charge >= 0.3 is 0 Å². The van der Waals surface area contributed by atoms with Gasteiger partial charge in [0.2, 0.25) is 0 Å². The molecule has 2 atom stereocenters. The predicted molar refractivity (Wildman–Crippen MR) is 93.2 cm³/mol. The zero-order valence-corrected chi connectivity index (χ0v) is 15.8. The Labute approximate surface area is 144 Å². The zero-order chi connectivity index (χ0) is 17.6. The molecule has 0 N–H and O–H groups in total. The summed E-state index contributed by atoms with van der Waals surface area (Å²) in [6.07, 6.45) is 0.872. The molecule has 0 bridgehead atoms. The average Bonchev–Trinajstić information content (AvgIpc) is 2.88. The first-order chi connectivity index (χ1) is 11.2. The standard InChI is InChI=1S/C18H30N4O2/c1-7-22-16-13(3)24-12(2)10-14(16)15(19-22)17(23)21-9-8-20(6)18(4,5)11-21/h12-13H,7-11H2,1-6H3/t12-,13+/m1/s1. The largest absolute Gasteiger partial charge is 0.369 e. The maximum atomic E-state index is 13.2. The first kappa shape index (κ1) is 17.4. The summed E-state index contributed by atoms with van der Waals surface area (Å²) in [7, 11) is 2.12. The van der Waals surface area contributed by atoms with Crippen molar-refractivity contribution < 1.29 is 9.53 Å². The highest BCUT2D eigenvalue weighted by Crippen LogP contribution is 2.33. The van der Waals surface area contributed by atoms with Crippen LogP contribution in [0.5, 0.6) is 0 Å². The number of hydrogen-bond acceptors (Lipinski definition) is 4. The van der Waals surface area contributed by atoms with Gasteiger partial charge in [-0.1, -0.05) is 0 Å². The van der Waals surface area contributed by atoms with Gasteiger partial charge in [0.1, 0.15) is 0 Å². The van der Waals surface area contributed by atoms with Crippen LogP contribution < -0.4 is 0 Å². The molecule has 0 aromatic carbocycles. The van der Waals surface area contributed by atoms with E-state index in [4.69, 9.17) is 4.74 Å². The van der Waals surface area contributed by atoms with E-state index < -0.39 is 0 Å². The first-order valence-corrected chi connectivity index (χ1v) is 9.00. The lowest BCUT2D eigenvalue weighted by atomic mass is 9.97. The summed E-state index contributed by atoms with van der Waals surface area (Å²) in [5, 5.41) is 4.67. The third-order valence-electron chi connectivity index (χ3n) is 5.51. The summed E-state index contributed by atoms with van der Waals surface area (Å²) in [5.41, 5.74) is 2.79. The number of carbonyl (C=O) groups is 1. The van der Waals surface area contributed by atoms with E-state index >= 15 is 0 Å². The highest BCUT2D eigenvalue weighted by atomic mass is 16.5. The molecule has 3 rings (SSSR count). The molecule has 3 heterocycles. The molecule has 0 saturated carbocycles. The molecule has 1 fully saturated rings. The Morgan fingerprint density at radius 2 is 2.04 bits per heavy atom. The number of piperazine rings is 1. The number of rotatable bonds is 2. The van der Waals surface area contributed by atoms with Gasteiger partial charge in [-0.05, 0) is 41.7 Å². The van der Waals surface area contributed by atoms with Gasteiger partial charge in [-0.15, -0.1) is 0 Å². The van der Waals surface area contributed by atoms with Gasteiger partial charge in [0.05, 0.1) is 17.9 Å². The minimum atomic E-state index is -0.0123. The molecule has 0 unspecified atom stereocenters. The Kier molecular flexibility index (Phi) is 4.47. The first-order valence-electron chi connectivity index (χ1n) is 9.00. The van der Waals surface area contributed by atoms with Crippen molar-refractivity contribution in [1.29, 1.82) is 0 Å². The SMILES string of the molecule is CCn1nc(C(=O)N2CCN(C)C(C)(C)C2)c2c1[C@H](C)O[C@H](C)C2. The summed E-state index contributed by atoms with van der Waals surface area (Å²) in [6, 6.07) is 0. The van der Waals surface area contributed by atoms with Crippen molar-refractivity contribution in [2.75, 3.05) is 26.7 Å². The second-order valence-electron chi connectivity index (χ2n) is 7.78. The van der Waals surface area contributed by atoms with Crippen LogP contribution in [0.15, 0.2) is 0 Å². The number of nitrogens with zero attached hydrogens (tertiary/aromatic N) is 4. The highest BCUT2D eigenvalue weighted by Gasteiger charge is 2.37. The number of carbonyl (C=O) groups excluding carboxylic acids is 1. The van der Waals surface area contributed by atoms with Crippen molar-refractivity contribution in [2.24, 2.45) is 0 Å². The quantitative estimate of drug-likeness (QED) is 0.831. The minimum Gasteiger partial charge on any atom is -0.369 e. The molecular weight excluding hydrogens is 304 g/mol. The van der Waals surface area contributed by atoms with Gasteiger partial charge < -0.3 is 9.64 Å². The Hall–Kier alpha value is -1.40. The molecule has 6 heteroatoms. The molecule has 6 nitrogen and oxygen atoms in total. The number of fused-ring (bicyclic) bond motifs is 1. The molecule has 1 aromatic rings. The second-order valence-corrected chi connectivity index (χ2v) is 7.78. The lowest BCUT2D eigenvalue weighted by Crippen LogP contribution is -2.59. The Morgan fingerprint density at radius 3 is 2.67 bits per heavy atom. The number of ether oxygens (including phenoxy) is 1. The third kappa shape index (κ3) is 2.86. The van der Waals surface area contributed by atoms with Gasteiger partial charge in [-0.25, -0.2) is 0 Å². The van der Waals surface area contributed by atoms with Crippen LogP contribution in [0.25, 0.3) is 0 Å². The van der Waals surface area contributed by atoms with E-state index in [1.54, 1.807) is 0 Å². The predicted octanol–water partition coefficient (Wildman–Crippen LogP) is 2.09. The van der Waals surface area contributed by atoms with Crippen molar-refractivity contribution in [3.8, 4) is 0 Å². The van der Waals surface area contributed by atoms with Crippen molar-refractivity contribution in [1.82, 2.24) is 19.6 Å². The molecule has 2 aliphatic heterocycles. The van der Waals surface area contributed by atoms with E-state index in [9.17, 15) is 4.79 Å². The van der Waals surface area contributed by atoms with Gasteiger partial charge in [-0.2, -0.15) is 5.10 Å². The lowest BCUT2D eigenvalue weighted by molar-refractivity contribution is -0.00960.